The minimum Gasteiger partial charge on any atom is -0.497 e. The fraction of sp³-hybridized carbons (Fsp3) is 0.500. The summed E-state index contributed by atoms with van der Waals surface area (Å²) in [6.07, 6.45) is 7.14. The monoisotopic (exact) mass is 514 g/mol. The number of methoxy groups -OCH3 is 1. The predicted octanol–water partition coefficient (Wildman–Crippen LogP) is 4.63. The Balaban J connectivity index is 1.26. The molecule has 10 heteroatoms. The lowest BCUT2D eigenvalue weighted by atomic mass is 9.80. The molecule has 36 heavy (non-hydrogen) atoms. The Bertz CT molecular complexity index is 1140. The van der Waals surface area contributed by atoms with Gasteiger partial charge in [0.15, 0.2) is 0 Å². The first-order valence-electron chi connectivity index (χ1n) is 12.5. The number of ether oxygens (including phenoxy) is 2. The second kappa shape index (κ2) is 10.9. The quantitative estimate of drug-likeness (QED) is 0.426. The van der Waals surface area contributed by atoms with Crippen LogP contribution in [0.25, 0.3) is 0 Å². The molecule has 3 unspecified atom stereocenters. The number of benzene rings is 1. The highest BCUT2D eigenvalue weighted by Gasteiger charge is 2.36. The third-order valence-electron chi connectivity index (χ3n) is 6.99. The largest absolute Gasteiger partial charge is 0.497 e. The van der Waals surface area contributed by atoms with E-state index < -0.39 is 5.95 Å². The van der Waals surface area contributed by atoms with Crippen LogP contribution in [-0.4, -0.2) is 72.4 Å². The Hall–Kier alpha value is -3.07. The normalized spacial score (nSPS) is 23.7. The molecular formula is C26H32ClFN6O2. The molecule has 2 aliphatic heterocycles. The number of aliphatic imine (C=N–C) groups is 1. The van der Waals surface area contributed by atoms with Gasteiger partial charge in [-0.1, -0.05) is 0 Å². The Morgan fingerprint density at radius 2 is 1.83 bits per heavy atom. The summed E-state index contributed by atoms with van der Waals surface area (Å²) in [6, 6.07) is 7.07. The zero-order chi connectivity index (χ0) is 25.1. The molecule has 8 nitrogen and oxygen atoms in total. The van der Waals surface area contributed by atoms with Gasteiger partial charge < -0.3 is 24.6 Å². The van der Waals surface area contributed by atoms with E-state index in [2.05, 4.69) is 36.2 Å². The number of rotatable bonds is 7. The first-order chi connectivity index (χ1) is 17.5. The smallest absolute Gasteiger partial charge is 0.231 e. The molecule has 192 valence electrons. The SMILES string of the molecule is CCOc1cc(Nc2nc(F)cc(N3CCN(C4=CC=NC5CC(Cl)CCC45)CC3)n2)cc(OC)c1. The van der Waals surface area contributed by atoms with Crippen LogP contribution in [0.1, 0.15) is 26.2 Å². The van der Waals surface area contributed by atoms with Gasteiger partial charge in [-0.05, 0) is 32.3 Å². The van der Waals surface area contributed by atoms with Crippen LogP contribution >= 0.6 is 11.6 Å². The number of hydrogen-bond donors (Lipinski definition) is 1. The van der Waals surface area contributed by atoms with Crippen LogP contribution < -0.4 is 19.7 Å². The van der Waals surface area contributed by atoms with Crippen molar-refractivity contribution in [3.05, 3.63) is 42.0 Å². The molecule has 1 aromatic carbocycles. The number of dihydropyridines is 1. The lowest BCUT2D eigenvalue weighted by Crippen LogP contribution is -2.49. The summed E-state index contributed by atoms with van der Waals surface area (Å²) in [5.41, 5.74) is 2.02. The van der Waals surface area contributed by atoms with Gasteiger partial charge in [-0.25, -0.2) is 0 Å². The minimum atomic E-state index is -0.579. The molecular weight excluding hydrogens is 483 g/mol. The molecule has 1 aliphatic carbocycles. The number of allylic oxidation sites excluding steroid dienone is 1. The van der Waals surface area contributed by atoms with Crippen LogP contribution in [0, 0.1) is 11.9 Å². The number of aromatic nitrogens is 2. The maximum atomic E-state index is 14.5. The van der Waals surface area contributed by atoms with Gasteiger partial charge in [-0.15, -0.1) is 11.6 Å². The Morgan fingerprint density at radius 3 is 2.61 bits per heavy atom. The minimum absolute atomic E-state index is 0.190. The molecule has 1 N–H and O–H groups in total. The molecule has 0 spiro atoms. The van der Waals surface area contributed by atoms with E-state index in [0.717, 1.165) is 45.4 Å². The second-order valence-electron chi connectivity index (χ2n) is 9.28. The fourth-order valence-electron chi connectivity index (χ4n) is 5.26. The van der Waals surface area contributed by atoms with Crippen LogP contribution in [0.5, 0.6) is 11.5 Å². The molecule has 0 bridgehead atoms. The predicted molar refractivity (Wildman–Crippen MR) is 141 cm³/mol. The number of nitrogens with one attached hydrogen (secondary N) is 1. The lowest BCUT2D eigenvalue weighted by molar-refractivity contribution is 0.238. The molecule has 3 heterocycles. The van der Waals surface area contributed by atoms with E-state index in [0.29, 0.717) is 35.5 Å². The van der Waals surface area contributed by atoms with Crippen molar-refractivity contribution < 1.29 is 13.9 Å². The molecule has 1 saturated heterocycles. The van der Waals surface area contributed by atoms with Gasteiger partial charge in [-0.2, -0.15) is 14.4 Å². The average molecular weight is 515 g/mol. The summed E-state index contributed by atoms with van der Waals surface area (Å²) in [4.78, 5) is 17.8. The van der Waals surface area contributed by atoms with E-state index in [-0.39, 0.29) is 17.4 Å². The molecule has 3 aliphatic rings. The van der Waals surface area contributed by atoms with Crippen molar-refractivity contribution in [3.63, 3.8) is 0 Å². The Kier molecular flexibility index (Phi) is 7.46. The van der Waals surface area contributed by atoms with Crippen molar-refractivity contribution in [3.8, 4) is 11.5 Å². The van der Waals surface area contributed by atoms with Crippen molar-refractivity contribution in [1.29, 1.82) is 0 Å². The first-order valence-corrected chi connectivity index (χ1v) is 13.0. The highest BCUT2D eigenvalue weighted by Crippen LogP contribution is 2.38. The maximum Gasteiger partial charge on any atom is 0.231 e. The summed E-state index contributed by atoms with van der Waals surface area (Å²) in [7, 11) is 1.59. The molecule has 5 rings (SSSR count). The summed E-state index contributed by atoms with van der Waals surface area (Å²) in [5, 5.41) is 3.32. The van der Waals surface area contributed by atoms with Crippen molar-refractivity contribution in [2.45, 2.75) is 37.6 Å². The van der Waals surface area contributed by atoms with Gasteiger partial charge in [0.25, 0.3) is 0 Å². The van der Waals surface area contributed by atoms with Crippen LogP contribution in [0.15, 0.2) is 41.0 Å². The van der Waals surface area contributed by atoms with Crippen LogP contribution in [0.4, 0.5) is 21.8 Å². The van der Waals surface area contributed by atoms with E-state index in [1.165, 1.54) is 11.8 Å². The van der Waals surface area contributed by atoms with Gasteiger partial charge >= 0.3 is 0 Å². The Morgan fingerprint density at radius 1 is 1.06 bits per heavy atom. The molecule has 1 saturated carbocycles. The van der Waals surface area contributed by atoms with Crippen LogP contribution in [0.3, 0.4) is 0 Å². The van der Waals surface area contributed by atoms with Crippen molar-refractivity contribution >= 4 is 35.3 Å². The first kappa shape index (κ1) is 24.6. The summed E-state index contributed by atoms with van der Waals surface area (Å²) < 4.78 is 25.5. The third kappa shape index (κ3) is 5.51. The van der Waals surface area contributed by atoms with Crippen LogP contribution in [-0.2, 0) is 0 Å². The molecule has 0 radical (unpaired) electrons. The number of piperazine rings is 1. The summed E-state index contributed by atoms with van der Waals surface area (Å²) in [5.74, 6) is 1.89. The fourth-order valence-corrected chi connectivity index (χ4v) is 5.57. The van der Waals surface area contributed by atoms with Crippen LogP contribution in [0.2, 0.25) is 0 Å². The van der Waals surface area contributed by atoms with Gasteiger partial charge in [0.1, 0.15) is 17.3 Å². The van der Waals surface area contributed by atoms with E-state index in [1.54, 1.807) is 19.2 Å². The number of hydrogen-bond acceptors (Lipinski definition) is 8. The number of anilines is 3. The van der Waals surface area contributed by atoms with Crippen molar-refractivity contribution in [2.24, 2.45) is 10.9 Å². The van der Waals surface area contributed by atoms with E-state index in [9.17, 15) is 4.39 Å². The van der Waals surface area contributed by atoms with Crippen molar-refractivity contribution in [2.75, 3.05) is 50.1 Å². The highest BCUT2D eigenvalue weighted by atomic mass is 35.5. The standard InChI is InChI=1S/C26H32ClFN6O2/c1-3-36-20-14-18(13-19(15-20)35-2)30-26-31-24(28)16-25(32-26)34-10-8-33(9-11-34)23-6-7-29-22-12-17(27)4-5-21(22)23/h6-7,13-17,21-22H,3-5,8-12H2,1-2H3,(H,30,31,32). The zero-order valence-corrected chi connectivity index (χ0v) is 21.4. The number of halogens is 2. The highest BCUT2D eigenvalue weighted by molar-refractivity contribution is 6.20. The Labute approximate surface area is 216 Å². The lowest BCUT2D eigenvalue weighted by Gasteiger charge is -2.43. The number of fused-ring (bicyclic) bond motifs is 1. The average Bonchev–Trinajstić information content (AvgIpc) is 2.88. The summed E-state index contributed by atoms with van der Waals surface area (Å²) in [6.45, 7) is 5.61. The molecule has 3 atom stereocenters. The second-order valence-corrected chi connectivity index (χ2v) is 9.89. The van der Waals surface area contributed by atoms with Gasteiger partial charge in [0.05, 0.1) is 19.8 Å². The van der Waals surface area contributed by atoms with E-state index >= 15 is 0 Å². The molecule has 0 amide bonds. The third-order valence-corrected chi connectivity index (χ3v) is 7.38. The maximum absolute atomic E-state index is 14.5. The molecule has 2 fully saturated rings. The van der Waals surface area contributed by atoms with Gasteiger partial charge in [-0.3, -0.25) is 4.99 Å². The zero-order valence-electron chi connectivity index (χ0n) is 20.7. The van der Waals surface area contributed by atoms with E-state index in [4.69, 9.17) is 21.1 Å². The van der Waals surface area contributed by atoms with Crippen molar-refractivity contribution in [1.82, 2.24) is 14.9 Å². The van der Waals surface area contributed by atoms with E-state index in [1.807, 2.05) is 19.2 Å². The van der Waals surface area contributed by atoms with Gasteiger partial charge in [0.2, 0.25) is 11.9 Å². The number of nitrogens with zero attached hydrogens (tertiary/aromatic N) is 5. The summed E-state index contributed by atoms with van der Waals surface area (Å²) >= 11 is 6.40. The number of alkyl halides is 1. The molecule has 1 aromatic heterocycles. The topological polar surface area (TPSA) is 75.1 Å². The molecule has 2 aromatic rings. The van der Waals surface area contributed by atoms with Gasteiger partial charge in [0, 0.05) is 79.3 Å².